The molecule has 31 heavy (non-hydrogen) atoms. The molecule has 7 heteroatoms. The number of benzene rings is 2. The van der Waals surface area contributed by atoms with E-state index >= 15 is 0 Å². The van der Waals surface area contributed by atoms with Crippen molar-refractivity contribution in [2.75, 3.05) is 10.6 Å². The molecule has 0 bridgehead atoms. The SMILES string of the molecule is Cc1ccc(NC(=O)c2ccc3cc[nH]c3c2)cc1Nc1ncc(-c2ccncc2)o1. The first-order valence-electron chi connectivity index (χ1n) is 9.78. The van der Waals surface area contributed by atoms with Crippen LogP contribution in [0.4, 0.5) is 17.4 Å². The van der Waals surface area contributed by atoms with E-state index in [0.717, 1.165) is 27.7 Å². The van der Waals surface area contributed by atoms with Crippen LogP contribution in [0.3, 0.4) is 0 Å². The number of aromatic nitrogens is 3. The predicted octanol–water partition coefficient (Wildman–Crippen LogP) is 5.52. The maximum Gasteiger partial charge on any atom is 0.299 e. The Kier molecular flexibility index (Phi) is 4.68. The van der Waals surface area contributed by atoms with Gasteiger partial charge in [0, 0.05) is 46.6 Å². The molecule has 5 rings (SSSR count). The van der Waals surface area contributed by atoms with Crippen LogP contribution in [-0.2, 0) is 0 Å². The van der Waals surface area contributed by atoms with Gasteiger partial charge in [-0.1, -0.05) is 12.1 Å². The smallest absolute Gasteiger partial charge is 0.299 e. The molecule has 1 amide bonds. The molecule has 0 aliphatic heterocycles. The molecule has 0 radical (unpaired) electrons. The number of pyridine rings is 1. The van der Waals surface area contributed by atoms with E-state index in [2.05, 4.69) is 25.6 Å². The highest BCUT2D eigenvalue weighted by molar-refractivity contribution is 6.06. The maximum absolute atomic E-state index is 12.7. The van der Waals surface area contributed by atoms with Crippen molar-refractivity contribution in [1.82, 2.24) is 15.0 Å². The van der Waals surface area contributed by atoms with Crippen LogP contribution in [0.5, 0.6) is 0 Å². The molecule has 0 fully saturated rings. The average Bonchev–Trinajstić information content (AvgIpc) is 3.45. The summed E-state index contributed by atoms with van der Waals surface area (Å²) in [4.78, 5) is 24.2. The Bertz CT molecular complexity index is 1370. The van der Waals surface area contributed by atoms with Crippen molar-refractivity contribution in [1.29, 1.82) is 0 Å². The summed E-state index contributed by atoms with van der Waals surface area (Å²) in [6, 6.07) is 17.3. The van der Waals surface area contributed by atoms with Crippen molar-refractivity contribution >= 4 is 34.2 Å². The van der Waals surface area contributed by atoms with Crippen LogP contribution in [-0.4, -0.2) is 20.9 Å². The lowest BCUT2D eigenvalue weighted by Gasteiger charge is -2.11. The molecule has 0 spiro atoms. The zero-order valence-electron chi connectivity index (χ0n) is 16.7. The van der Waals surface area contributed by atoms with Crippen molar-refractivity contribution in [2.24, 2.45) is 0 Å². The molecular weight excluding hydrogens is 390 g/mol. The van der Waals surface area contributed by atoms with E-state index in [0.29, 0.717) is 23.0 Å². The van der Waals surface area contributed by atoms with Crippen molar-refractivity contribution in [3.8, 4) is 11.3 Å². The summed E-state index contributed by atoms with van der Waals surface area (Å²) in [5.74, 6) is 0.467. The number of carbonyl (C=O) groups is 1. The Labute approximate surface area is 178 Å². The number of aromatic amines is 1. The molecule has 3 N–H and O–H groups in total. The number of fused-ring (bicyclic) bond motifs is 1. The van der Waals surface area contributed by atoms with Gasteiger partial charge in [-0.15, -0.1) is 0 Å². The number of nitrogens with zero attached hydrogens (tertiary/aromatic N) is 2. The molecule has 7 nitrogen and oxygen atoms in total. The highest BCUT2D eigenvalue weighted by Crippen LogP contribution is 2.27. The lowest BCUT2D eigenvalue weighted by atomic mass is 10.1. The fourth-order valence-corrected chi connectivity index (χ4v) is 3.32. The Morgan fingerprint density at radius 2 is 1.90 bits per heavy atom. The molecule has 5 aromatic rings. The minimum Gasteiger partial charge on any atom is -0.423 e. The first-order chi connectivity index (χ1) is 15.2. The third-order valence-electron chi connectivity index (χ3n) is 5.02. The van der Waals surface area contributed by atoms with E-state index in [-0.39, 0.29) is 5.91 Å². The van der Waals surface area contributed by atoms with Gasteiger partial charge in [0.2, 0.25) is 0 Å². The van der Waals surface area contributed by atoms with Crippen LogP contribution < -0.4 is 10.6 Å². The summed E-state index contributed by atoms with van der Waals surface area (Å²) >= 11 is 0. The van der Waals surface area contributed by atoms with Crippen LogP contribution in [0.2, 0.25) is 0 Å². The van der Waals surface area contributed by atoms with E-state index in [1.54, 1.807) is 18.6 Å². The van der Waals surface area contributed by atoms with Gasteiger partial charge >= 0.3 is 0 Å². The molecule has 0 atom stereocenters. The molecule has 3 heterocycles. The van der Waals surface area contributed by atoms with Gasteiger partial charge in [-0.2, -0.15) is 0 Å². The van der Waals surface area contributed by atoms with Crippen LogP contribution in [0, 0.1) is 6.92 Å². The predicted molar refractivity (Wildman–Crippen MR) is 120 cm³/mol. The summed E-state index contributed by atoms with van der Waals surface area (Å²) in [7, 11) is 0. The van der Waals surface area contributed by atoms with Crippen LogP contribution >= 0.6 is 0 Å². The standard InChI is InChI=1S/C24H19N5O2/c1-15-2-5-19(28-23(30)18-4-3-16-8-11-26-21(16)12-18)13-20(15)29-24-27-14-22(31-24)17-6-9-25-10-7-17/h2-14,26H,1H3,(H,27,29)(H,28,30). The van der Waals surface area contributed by atoms with E-state index in [4.69, 9.17) is 4.42 Å². The molecule has 2 aromatic carbocycles. The highest BCUT2D eigenvalue weighted by Gasteiger charge is 2.11. The Morgan fingerprint density at radius 1 is 1.03 bits per heavy atom. The summed E-state index contributed by atoms with van der Waals surface area (Å²) < 4.78 is 5.81. The third-order valence-corrected chi connectivity index (χ3v) is 5.02. The minimum atomic E-state index is -0.178. The Hall–Kier alpha value is -4.39. The van der Waals surface area contributed by atoms with Crippen LogP contribution in [0.25, 0.3) is 22.2 Å². The average molecular weight is 409 g/mol. The molecule has 3 aromatic heterocycles. The first-order valence-corrected chi connectivity index (χ1v) is 9.78. The zero-order valence-corrected chi connectivity index (χ0v) is 16.7. The third kappa shape index (κ3) is 3.89. The number of rotatable bonds is 5. The number of H-pyrrole nitrogens is 1. The van der Waals surface area contributed by atoms with Crippen molar-refractivity contribution in [3.05, 3.63) is 90.5 Å². The molecule has 152 valence electrons. The summed E-state index contributed by atoms with van der Waals surface area (Å²) in [6.07, 6.45) is 6.92. The lowest BCUT2D eigenvalue weighted by molar-refractivity contribution is 0.102. The zero-order chi connectivity index (χ0) is 21.2. The Morgan fingerprint density at radius 3 is 2.77 bits per heavy atom. The van der Waals surface area contributed by atoms with Gasteiger partial charge < -0.3 is 20.0 Å². The van der Waals surface area contributed by atoms with E-state index in [1.165, 1.54) is 0 Å². The topological polar surface area (TPSA) is 95.8 Å². The largest absolute Gasteiger partial charge is 0.423 e. The number of anilines is 3. The molecule has 0 saturated carbocycles. The normalized spacial score (nSPS) is 10.9. The number of nitrogens with one attached hydrogen (secondary N) is 3. The van der Waals surface area contributed by atoms with Crippen molar-refractivity contribution in [3.63, 3.8) is 0 Å². The summed E-state index contributed by atoms with van der Waals surface area (Å²) in [6.45, 7) is 1.97. The van der Waals surface area contributed by atoms with Gasteiger partial charge in [-0.3, -0.25) is 9.78 Å². The summed E-state index contributed by atoms with van der Waals surface area (Å²) in [5.41, 5.74) is 4.86. The molecule has 0 unspecified atom stereocenters. The quantitative estimate of drug-likeness (QED) is 0.355. The van der Waals surface area contributed by atoms with Gasteiger partial charge in [-0.25, -0.2) is 4.98 Å². The maximum atomic E-state index is 12.7. The molecular formula is C24H19N5O2. The molecule has 0 aliphatic rings. The van der Waals surface area contributed by atoms with Crippen molar-refractivity contribution < 1.29 is 9.21 Å². The highest BCUT2D eigenvalue weighted by atomic mass is 16.4. The fourth-order valence-electron chi connectivity index (χ4n) is 3.32. The van der Waals surface area contributed by atoms with Crippen molar-refractivity contribution in [2.45, 2.75) is 6.92 Å². The van der Waals surface area contributed by atoms with Gasteiger partial charge in [-0.05, 0) is 60.3 Å². The number of carbonyl (C=O) groups excluding carboxylic acids is 1. The number of hydrogen-bond acceptors (Lipinski definition) is 5. The number of aryl methyl sites for hydroxylation is 1. The molecule has 0 saturated heterocycles. The minimum absolute atomic E-state index is 0.178. The second kappa shape index (κ2) is 7.79. The summed E-state index contributed by atoms with van der Waals surface area (Å²) in [5, 5.41) is 7.20. The van der Waals surface area contributed by atoms with Crippen LogP contribution in [0.1, 0.15) is 15.9 Å². The van der Waals surface area contributed by atoms with Gasteiger partial charge in [0.25, 0.3) is 11.9 Å². The van der Waals surface area contributed by atoms with Gasteiger partial charge in [0.15, 0.2) is 5.76 Å². The van der Waals surface area contributed by atoms with Gasteiger partial charge in [0.1, 0.15) is 0 Å². The number of oxazole rings is 1. The monoisotopic (exact) mass is 409 g/mol. The molecule has 0 aliphatic carbocycles. The second-order valence-corrected chi connectivity index (χ2v) is 7.15. The fraction of sp³-hybridized carbons (Fsp3) is 0.0417. The number of hydrogen-bond donors (Lipinski definition) is 3. The Balaban J connectivity index is 1.34. The van der Waals surface area contributed by atoms with Crippen LogP contribution in [0.15, 0.2) is 83.8 Å². The van der Waals surface area contributed by atoms with E-state index in [9.17, 15) is 4.79 Å². The lowest BCUT2D eigenvalue weighted by Crippen LogP contribution is -2.12. The van der Waals surface area contributed by atoms with E-state index < -0.39 is 0 Å². The van der Waals surface area contributed by atoms with E-state index in [1.807, 2.05) is 67.7 Å². The first kappa shape index (κ1) is 18.6. The number of amides is 1. The van der Waals surface area contributed by atoms with Gasteiger partial charge in [0.05, 0.1) is 6.20 Å². The second-order valence-electron chi connectivity index (χ2n) is 7.15.